The molecule has 252 valence electrons. The fraction of sp³-hybridized carbons (Fsp3) is 0.459. The molecule has 0 aromatic carbocycles. The monoisotopic (exact) mass is 635 g/mol. The summed E-state index contributed by atoms with van der Waals surface area (Å²) in [7, 11) is 0. The molecule has 0 saturated carbocycles. The van der Waals surface area contributed by atoms with Crippen molar-refractivity contribution in [3.63, 3.8) is 0 Å². The zero-order valence-corrected chi connectivity index (χ0v) is 27.3. The van der Waals surface area contributed by atoms with Crippen LogP contribution in [0.1, 0.15) is 87.9 Å². The molecule has 0 bridgehead atoms. The molecule has 1 rings (SSSR count). The summed E-state index contributed by atoms with van der Waals surface area (Å²) in [6.45, 7) is 1.52. The topological polar surface area (TPSA) is 138 Å². The number of esters is 1. The van der Waals surface area contributed by atoms with Gasteiger partial charge in [-0.1, -0.05) is 79.8 Å². The Labute approximate surface area is 274 Å². The number of aliphatic hydroxyl groups excluding tert-OH is 2. The van der Waals surface area contributed by atoms with E-state index in [1.165, 1.54) is 12.4 Å². The van der Waals surface area contributed by atoms with Crippen molar-refractivity contribution >= 4 is 17.8 Å². The SMILES string of the molecule is CCC=CCC=CCC=CCC=CCC=CCC=CCCC(=O)NCCCCC(NC(=O)c1cccnc1)C(=O)OC(CO)CO. The first kappa shape index (κ1) is 39.9. The van der Waals surface area contributed by atoms with Gasteiger partial charge in [-0.3, -0.25) is 14.6 Å². The molecule has 4 N–H and O–H groups in total. The average Bonchev–Trinajstić information content (AvgIpc) is 3.07. The van der Waals surface area contributed by atoms with E-state index >= 15 is 0 Å². The van der Waals surface area contributed by atoms with E-state index in [0.717, 1.165) is 38.5 Å². The van der Waals surface area contributed by atoms with E-state index in [0.29, 0.717) is 37.8 Å². The Bertz CT molecular complexity index is 1140. The number of ether oxygens (including phenoxy) is 1. The normalized spacial score (nSPS) is 12.9. The highest BCUT2D eigenvalue weighted by Gasteiger charge is 2.25. The van der Waals surface area contributed by atoms with Crippen LogP contribution < -0.4 is 10.6 Å². The van der Waals surface area contributed by atoms with Gasteiger partial charge in [0.15, 0.2) is 0 Å². The van der Waals surface area contributed by atoms with Crippen LogP contribution in [0.25, 0.3) is 0 Å². The van der Waals surface area contributed by atoms with Crippen molar-refractivity contribution in [2.24, 2.45) is 0 Å². The van der Waals surface area contributed by atoms with Crippen LogP contribution in [0.4, 0.5) is 0 Å². The Hall–Kier alpha value is -4.08. The molecule has 1 atom stereocenters. The van der Waals surface area contributed by atoms with Crippen LogP contribution in [-0.4, -0.2) is 64.9 Å². The largest absolute Gasteiger partial charge is 0.456 e. The third kappa shape index (κ3) is 21.6. The number of unbranched alkanes of at least 4 members (excludes halogenated alkanes) is 1. The summed E-state index contributed by atoms with van der Waals surface area (Å²) in [5.41, 5.74) is 0.292. The molecule has 1 unspecified atom stereocenters. The lowest BCUT2D eigenvalue weighted by molar-refractivity contribution is -0.156. The minimum absolute atomic E-state index is 0.0471. The van der Waals surface area contributed by atoms with E-state index in [-0.39, 0.29) is 12.3 Å². The summed E-state index contributed by atoms with van der Waals surface area (Å²) in [6, 6.07) is 2.21. The summed E-state index contributed by atoms with van der Waals surface area (Å²) in [5, 5.41) is 24.0. The van der Waals surface area contributed by atoms with Gasteiger partial charge in [-0.2, -0.15) is 0 Å². The van der Waals surface area contributed by atoms with Gasteiger partial charge in [0.2, 0.25) is 5.91 Å². The van der Waals surface area contributed by atoms with E-state index in [9.17, 15) is 24.6 Å². The van der Waals surface area contributed by atoms with E-state index in [1.807, 2.05) is 6.08 Å². The zero-order chi connectivity index (χ0) is 33.5. The highest BCUT2D eigenvalue weighted by atomic mass is 16.6. The minimum atomic E-state index is -1.06. The Morgan fingerprint density at radius 3 is 1.91 bits per heavy atom. The maximum Gasteiger partial charge on any atom is 0.329 e. The predicted molar refractivity (Wildman–Crippen MR) is 184 cm³/mol. The molecule has 0 aliphatic heterocycles. The first-order chi connectivity index (χ1) is 22.5. The standard InChI is InChI=1S/C37H53N3O6/c1-2-3-4-5-6-7-8-9-10-11-12-13-14-15-16-17-18-19-20-26-35(43)39-28-22-21-25-34(37(45)46-33(30-41)31-42)40-36(44)32-24-23-27-38-29-32/h3-4,6-7,9-10,12-13,15-16,18-19,23-24,27,29,33-34,41-42H,2,5,8,11,14,17,20-22,25-26,28,30-31H2,1H3,(H,39,43)(H,40,44). The van der Waals surface area contributed by atoms with Gasteiger partial charge in [0.05, 0.1) is 18.8 Å². The van der Waals surface area contributed by atoms with Crippen LogP contribution in [-0.2, 0) is 14.3 Å². The van der Waals surface area contributed by atoms with Gasteiger partial charge in [-0.05, 0) is 76.3 Å². The smallest absolute Gasteiger partial charge is 0.329 e. The molecular weight excluding hydrogens is 582 g/mol. The van der Waals surface area contributed by atoms with Gasteiger partial charge < -0.3 is 25.6 Å². The van der Waals surface area contributed by atoms with E-state index < -0.39 is 37.2 Å². The zero-order valence-electron chi connectivity index (χ0n) is 27.3. The van der Waals surface area contributed by atoms with Crippen molar-refractivity contribution in [2.75, 3.05) is 19.8 Å². The van der Waals surface area contributed by atoms with Crippen molar-refractivity contribution in [1.29, 1.82) is 0 Å². The molecule has 0 spiro atoms. The van der Waals surface area contributed by atoms with Crippen molar-refractivity contribution < 1.29 is 29.3 Å². The third-order valence-corrected chi connectivity index (χ3v) is 6.58. The van der Waals surface area contributed by atoms with Crippen molar-refractivity contribution in [2.45, 2.75) is 89.7 Å². The molecule has 1 heterocycles. The highest BCUT2D eigenvalue weighted by molar-refractivity contribution is 5.96. The lowest BCUT2D eigenvalue weighted by Gasteiger charge is -2.20. The number of carbonyl (C=O) groups excluding carboxylic acids is 3. The molecular formula is C37H53N3O6. The Morgan fingerprint density at radius 2 is 1.39 bits per heavy atom. The minimum Gasteiger partial charge on any atom is -0.456 e. The molecule has 2 amide bonds. The number of rotatable bonds is 25. The van der Waals surface area contributed by atoms with Crippen LogP contribution in [0, 0.1) is 0 Å². The first-order valence-electron chi connectivity index (χ1n) is 16.3. The van der Waals surface area contributed by atoms with Gasteiger partial charge in [0.1, 0.15) is 12.1 Å². The van der Waals surface area contributed by atoms with Crippen molar-refractivity contribution in [3.8, 4) is 0 Å². The quantitative estimate of drug-likeness (QED) is 0.0602. The fourth-order valence-electron chi connectivity index (χ4n) is 4.01. The van der Waals surface area contributed by atoms with Gasteiger partial charge >= 0.3 is 5.97 Å². The number of hydrogen-bond donors (Lipinski definition) is 4. The molecule has 1 aromatic heterocycles. The average molecular weight is 636 g/mol. The number of aliphatic hydroxyl groups is 2. The molecule has 9 heteroatoms. The molecule has 0 aliphatic carbocycles. The number of nitrogens with one attached hydrogen (secondary N) is 2. The van der Waals surface area contributed by atoms with Gasteiger partial charge in [-0.15, -0.1) is 0 Å². The molecule has 0 saturated heterocycles. The molecule has 46 heavy (non-hydrogen) atoms. The second-order valence-electron chi connectivity index (χ2n) is 10.5. The number of aromatic nitrogens is 1. The summed E-state index contributed by atoms with van der Waals surface area (Å²) in [4.78, 5) is 41.2. The van der Waals surface area contributed by atoms with Gasteiger partial charge in [0, 0.05) is 25.4 Å². The van der Waals surface area contributed by atoms with Crippen molar-refractivity contribution in [1.82, 2.24) is 15.6 Å². The predicted octanol–water partition coefficient (Wildman–Crippen LogP) is 5.84. The third-order valence-electron chi connectivity index (χ3n) is 6.58. The summed E-state index contributed by atoms with van der Waals surface area (Å²) >= 11 is 0. The van der Waals surface area contributed by atoms with Crippen LogP contribution in [0.5, 0.6) is 0 Å². The highest BCUT2D eigenvalue weighted by Crippen LogP contribution is 2.07. The fourth-order valence-corrected chi connectivity index (χ4v) is 4.01. The molecule has 1 aromatic rings. The van der Waals surface area contributed by atoms with Crippen LogP contribution in [0.15, 0.2) is 97.4 Å². The lowest BCUT2D eigenvalue weighted by atomic mass is 10.1. The number of hydrogen-bond acceptors (Lipinski definition) is 7. The van der Waals surface area contributed by atoms with Gasteiger partial charge in [0.25, 0.3) is 5.91 Å². The van der Waals surface area contributed by atoms with Crippen LogP contribution in [0.3, 0.4) is 0 Å². The number of carbonyl (C=O) groups is 3. The molecule has 0 radical (unpaired) electrons. The Balaban J connectivity index is 2.21. The Morgan fingerprint density at radius 1 is 0.826 bits per heavy atom. The first-order valence-corrected chi connectivity index (χ1v) is 16.3. The summed E-state index contributed by atoms with van der Waals surface area (Å²) in [5.74, 6) is -1.28. The summed E-state index contributed by atoms with van der Waals surface area (Å²) < 4.78 is 5.11. The second kappa shape index (κ2) is 28.4. The molecule has 0 fully saturated rings. The van der Waals surface area contributed by atoms with Crippen molar-refractivity contribution in [3.05, 3.63) is 103 Å². The van der Waals surface area contributed by atoms with E-state index in [2.05, 4.69) is 89.4 Å². The van der Waals surface area contributed by atoms with Crippen LogP contribution >= 0.6 is 0 Å². The number of amides is 2. The lowest BCUT2D eigenvalue weighted by Crippen LogP contribution is -2.44. The summed E-state index contributed by atoms with van der Waals surface area (Å²) in [6.07, 6.45) is 35.8. The Kier molecular flexibility index (Phi) is 24.7. The van der Waals surface area contributed by atoms with Gasteiger partial charge in [-0.25, -0.2) is 4.79 Å². The van der Waals surface area contributed by atoms with E-state index in [4.69, 9.17) is 4.74 Å². The number of nitrogens with zero attached hydrogens (tertiary/aromatic N) is 1. The maximum atomic E-state index is 12.6. The molecule has 0 aliphatic rings. The number of pyridine rings is 1. The number of allylic oxidation sites excluding steroid dienone is 12. The second-order valence-corrected chi connectivity index (χ2v) is 10.5. The van der Waals surface area contributed by atoms with E-state index in [1.54, 1.807) is 12.1 Å². The van der Waals surface area contributed by atoms with Crippen LogP contribution in [0.2, 0.25) is 0 Å². The molecule has 9 nitrogen and oxygen atoms in total. The maximum absolute atomic E-state index is 12.6.